The number of rotatable bonds is 5. The third kappa shape index (κ3) is 4.27. The first-order valence-corrected chi connectivity index (χ1v) is 6.52. The van der Waals surface area contributed by atoms with E-state index < -0.39 is 6.03 Å². The van der Waals surface area contributed by atoms with Gasteiger partial charge in [0.15, 0.2) is 0 Å². The van der Waals surface area contributed by atoms with Crippen LogP contribution in [0.15, 0.2) is 0 Å². The molecule has 1 rings (SSSR count). The monoisotopic (exact) mass is 257 g/mol. The number of hydrogen-bond acceptors (Lipinski definition) is 4. The van der Waals surface area contributed by atoms with E-state index in [-0.39, 0.29) is 18.6 Å². The van der Waals surface area contributed by atoms with Gasteiger partial charge in [-0.1, -0.05) is 0 Å². The first-order valence-electron chi connectivity index (χ1n) is 6.52. The standard InChI is InChI=1S/C12H23N3O3/c1-3-13-12(18)14-11(17)9(2)15-6-4-10(8-15)5-7-16/h9-10,16H,3-8H2,1-2H3,(H2,13,14,17,18). The molecule has 1 aliphatic rings. The normalized spacial score (nSPS) is 21.6. The third-order valence-electron chi connectivity index (χ3n) is 3.36. The topological polar surface area (TPSA) is 81.7 Å². The number of urea groups is 1. The van der Waals surface area contributed by atoms with E-state index >= 15 is 0 Å². The summed E-state index contributed by atoms with van der Waals surface area (Å²) in [5.74, 6) is 0.181. The SMILES string of the molecule is CCNC(=O)NC(=O)C(C)N1CCC(CCO)C1. The molecule has 0 aliphatic carbocycles. The summed E-state index contributed by atoms with van der Waals surface area (Å²) in [5, 5.41) is 13.7. The van der Waals surface area contributed by atoms with Crippen LogP contribution in [0, 0.1) is 5.92 Å². The Morgan fingerprint density at radius 1 is 1.50 bits per heavy atom. The molecule has 2 atom stereocenters. The molecule has 1 aliphatic heterocycles. The Morgan fingerprint density at radius 2 is 2.22 bits per heavy atom. The molecule has 0 saturated carbocycles. The summed E-state index contributed by atoms with van der Waals surface area (Å²) in [5.41, 5.74) is 0. The van der Waals surface area contributed by atoms with E-state index in [0.717, 1.165) is 25.9 Å². The summed E-state index contributed by atoms with van der Waals surface area (Å²) in [6, 6.07) is -0.753. The van der Waals surface area contributed by atoms with Crippen molar-refractivity contribution in [2.24, 2.45) is 5.92 Å². The fourth-order valence-electron chi connectivity index (χ4n) is 2.22. The van der Waals surface area contributed by atoms with Gasteiger partial charge in [0, 0.05) is 19.7 Å². The number of carbonyl (C=O) groups is 2. The van der Waals surface area contributed by atoms with Crippen molar-refractivity contribution in [1.29, 1.82) is 0 Å². The highest BCUT2D eigenvalue weighted by atomic mass is 16.3. The van der Waals surface area contributed by atoms with Gasteiger partial charge in [-0.15, -0.1) is 0 Å². The summed E-state index contributed by atoms with van der Waals surface area (Å²) in [4.78, 5) is 25.1. The lowest BCUT2D eigenvalue weighted by atomic mass is 10.1. The summed E-state index contributed by atoms with van der Waals surface area (Å²) >= 11 is 0. The number of carbonyl (C=O) groups excluding carboxylic acids is 2. The Bertz CT molecular complexity index is 296. The van der Waals surface area contributed by atoms with Gasteiger partial charge in [-0.2, -0.15) is 0 Å². The first kappa shape index (κ1) is 14.9. The van der Waals surface area contributed by atoms with Crippen molar-refractivity contribution in [3.63, 3.8) is 0 Å². The van der Waals surface area contributed by atoms with E-state index in [9.17, 15) is 9.59 Å². The minimum atomic E-state index is -0.444. The third-order valence-corrected chi connectivity index (χ3v) is 3.36. The van der Waals surface area contributed by atoms with Crippen molar-refractivity contribution in [1.82, 2.24) is 15.5 Å². The van der Waals surface area contributed by atoms with Gasteiger partial charge in [0.25, 0.3) is 0 Å². The molecule has 0 aromatic carbocycles. The average Bonchev–Trinajstić information content (AvgIpc) is 2.77. The molecule has 3 amide bonds. The number of nitrogens with zero attached hydrogens (tertiary/aromatic N) is 1. The highest BCUT2D eigenvalue weighted by Crippen LogP contribution is 2.21. The number of amides is 3. The zero-order valence-electron chi connectivity index (χ0n) is 11.1. The maximum atomic E-state index is 11.8. The lowest BCUT2D eigenvalue weighted by molar-refractivity contribution is -0.124. The van der Waals surface area contributed by atoms with Crippen LogP contribution in [0.4, 0.5) is 4.79 Å². The number of aliphatic hydroxyl groups excluding tert-OH is 1. The van der Waals surface area contributed by atoms with Crippen LogP contribution in [0.25, 0.3) is 0 Å². The van der Waals surface area contributed by atoms with Crippen molar-refractivity contribution in [2.75, 3.05) is 26.2 Å². The van der Waals surface area contributed by atoms with E-state index in [1.165, 1.54) is 0 Å². The highest BCUT2D eigenvalue weighted by molar-refractivity contribution is 5.96. The van der Waals surface area contributed by atoms with Crippen LogP contribution in [0.2, 0.25) is 0 Å². The second-order valence-electron chi connectivity index (χ2n) is 4.69. The molecule has 0 aromatic rings. The first-order chi connectivity index (χ1) is 8.58. The zero-order chi connectivity index (χ0) is 13.5. The van der Waals surface area contributed by atoms with E-state index in [1.807, 2.05) is 0 Å². The molecule has 0 radical (unpaired) electrons. The number of imide groups is 1. The molecule has 3 N–H and O–H groups in total. The van der Waals surface area contributed by atoms with Gasteiger partial charge in [-0.3, -0.25) is 15.0 Å². The van der Waals surface area contributed by atoms with Crippen molar-refractivity contribution < 1.29 is 14.7 Å². The number of likely N-dealkylation sites (tertiary alicyclic amines) is 1. The van der Waals surface area contributed by atoms with Crippen LogP contribution in [-0.4, -0.2) is 54.2 Å². The number of hydrogen-bond donors (Lipinski definition) is 3. The van der Waals surface area contributed by atoms with Crippen molar-refractivity contribution in [2.45, 2.75) is 32.7 Å². The smallest absolute Gasteiger partial charge is 0.321 e. The van der Waals surface area contributed by atoms with E-state index in [2.05, 4.69) is 15.5 Å². The van der Waals surface area contributed by atoms with Gasteiger partial charge < -0.3 is 10.4 Å². The molecule has 18 heavy (non-hydrogen) atoms. The summed E-state index contributed by atoms with van der Waals surface area (Å²) in [7, 11) is 0. The highest BCUT2D eigenvalue weighted by Gasteiger charge is 2.29. The van der Waals surface area contributed by atoms with Gasteiger partial charge in [0.2, 0.25) is 5.91 Å². The van der Waals surface area contributed by atoms with Crippen LogP contribution in [0.1, 0.15) is 26.7 Å². The van der Waals surface area contributed by atoms with Crippen molar-refractivity contribution in [3.8, 4) is 0 Å². The van der Waals surface area contributed by atoms with Gasteiger partial charge in [0.1, 0.15) is 0 Å². The second kappa shape index (κ2) is 7.33. The molecule has 1 fully saturated rings. The zero-order valence-corrected chi connectivity index (χ0v) is 11.1. The van der Waals surface area contributed by atoms with Crippen molar-refractivity contribution >= 4 is 11.9 Å². The molecule has 0 spiro atoms. The Morgan fingerprint density at radius 3 is 2.83 bits per heavy atom. The number of aliphatic hydroxyl groups is 1. The molecule has 6 heteroatoms. The summed E-state index contributed by atoms with van der Waals surface area (Å²) < 4.78 is 0. The Balaban J connectivity index is 2.38. The predicted molar refractivity (Wildman–Crippen MR) is 68.1 cm³/mol. The molecule has 0 aromatic heterocycles. The van der Waals surface area contributed by atoms with E-state index in [0.29, 0.717) is 12.5 Å². The maximum Gasteiger partial charge on any atom is 0.321 e. The van der Waals surface area contributed by atoms with Gasteiger partial charge >= 0.3 is 6.03 Å². The average molecular weight is 257 g/mol. The molecule has 1 heterocycles. The Kier molecular flexibility index (Phi) is 6.07. The van der Waals surface area contributed by atoms with Gasteiger partial charge in [-0.25, -0.2) is 4.79 Å². The summed E-state index contributed by atoms with van der Waals surface area (Å²) in [6.45, 7) is 5.94. The van der Waals surface area contributed by atoms with E-state index in [4.69, 9.17) is 5.11 Å². The molecule has 2 unspecified atom stereocenters. The minimum Gasteiger partial charge on any atom is -0.396 e. The Hall–Kier alpha value is -1.14. The minimum absolute atomic E-state index is 0.192. The maximum absolute atomic E-state index is 11.8. The molecular weight excluding hydrogens is 234 g/mol. The molecule has 1 saturated heterocycles. The second-order valence-corrected chi connectivity index (χ2v) is 4.69. The number of nitrogens with one attached hydrogen (secondary N) is 2. The lowest BCUT2D eigenvalue weighted by Gasteiger charge is -2.23. The van der Waals surface area contributed by atoms with Crippen LogP contribution in [0.5, 0.6) is 0 Å². The predicted octanol–water partition coefficient (Wildman–Crippen LogP) is -0.0751. The van der Waals surface area contributed by atoms with E-state index in [1.54, 1.807) is 13.8 Å². The fourth-order valence-corrected chi connectivity index (χ4v) is 2.22. The van der Waals surface area contributed by atoms with Gasteiger partial charge in [0.05, 0.1) is 6.04 Å². The lowest BCUT2D eigenvalue weighted by Crippen LogP contribution is -2.49. The van der Waals surface area contributed by atoms with Crippen LogP contribution < -0.4 is 10.6 Å². The van der Waals surface area contributed by atoms with Gasteiger partial charge in [-0.05, 0) is 39.2 Å². The quantitative estimate of drug-likeness (QED) is 0.643. The van der Waals surface area contributed by atoms with Crippen LogP contribution >= 0.6 is 0 Å². The fraction of sp³-hybridized carbons (Fsp3) is 0.833. The van der Waals surface area contributed by atoms with Crippen molar-refractivity contribution in [3.05, 3.63) is 0 Å². The molecule has 0 bridgehead atoms. The largest absolute Gasteiger partial charge is 0.396 e. The van der Waals surface area contributed by atoms with Crippen LogP contribution in [0.3, 0.4) is 0 Å². The molecular formula is C12H23N3O3. The summed E-state index contributed by atoms with van der Waals surface area (Å²) in [6.07, 6.45) is 1.78. The van der Waals surface area contributed by atoms with Crippen LogP contribution in [-0.2, 0) is 4.79 Å². The molecule has 6 nitrogen and oxygen atoms in total. The molecule has 104 valence electrons. The Labute approximate surface area is 108 Å².